The number of carbonyl (C=O) groups is 1. The molecule has 0 aliphatic carbocycles. The first kappa shape index (κ1) is 33.4. The molecule has 2 N–H and O–H groups in total. The topological polar surface area (TPSA) is 132 Å². The molecular formula is C37H43N5O5. The quantitative estimate of drug-likeness (QED) is 0.0756. The van der Waals surface area contributed by atoms with Crippen molar-refractivity contribution in [1.82, 2.24) is 20.3 Å². The minimum Gasteiger partial charge on any atom is -0.506 e. The maximum atomic E-state index is 13.3. The largest absolute Gasteiger partial charge is 0.506 e. The number of unbranched alkanes of at least 4 members (excludes halogenated alkanes) is 1. The number of aromatic hydroxyl groups is 1. The molecule has 47 heavy (non-hydrogen) atoms. The highest BCUT2D eigenvalue weighted by atomic mass is 16.6. The second-order valence-corrected chi connectivity index (χ2v) is 13.3. The third-order valence-corrected chi connectivity index (χ3v) is 9.40. The Bertz CT molecular complexity index is 1950. The number of fused-ring (bicyclic) bond motifs is 2. The first-order valence-electron chi connectivity index (χ1n) is 16.2. The van der Waals surface area contributed by atoms with Crippen molar-refractivity contribution in [3.8, 4) is 17.2 Å². The van der Waals surface area contributed by atoms with Gasteiger partial charge < -0.3 is 15.2 Å². The van der Waals surface area contributed by atoms with E-state index in [9.17, 15) is 20.0 Å². The lowest BCUT2D eigenvalue weighted by Crippen LogP contribution is -2.25. The molecule has 0 bridgehead atoms. The molecule has 10 heteroatoms. The number of phenolic OH excluding ortho intramolecular Hbond substituents is 1. The van der Waals surface area contributed by atoms with Gasteiger partial charge in [-0.25, -0.2) is 0 Å². The number of rotatable bonds is 13. The van der Waals surface area contributed by atoms with Crippen molar-refractivity contribution < 1.29 is 19.6 Å². The number of non-ortho nitro benzene ring substituents is 1. The van der Waals surface area contributed by atoms with Crippen molar-refractivity contribution in [3.05, 3.63) is 93.5 Å². The molecule has 5 rings (SSSR count). The summed E-state index contributed by atoms with van der Waals surface area (Å²) in [7, 11) is 0. The van der Waals surface area contributed by atoms with Crippen LogP contribution in [0.2, 0.25) is 0 Å². The second kappa shape index (κ2) is 13.4. The summed E-state index contributed by atoms with van der Waals surface area (Å²) in [5.41, 5.74) is 3.85. The Morgan fingerprint density at radius 1 is 0.915 bits per heavy atom. The zero-order chi connectivity index (χ0) is 33.9. The number of nitrogens with zero attached hydrogens (tertiary/aromatic N) is 4. The Hall–Kier alpha value is -4.99. The van der Waals surface area contributed by atoms with Crippen LogP contribution in [0.25, 0.3) is 27.5 Å². The van der Waals surface area contributed by atoms with E-state index in [-0.39, 0.29) is 27.8 Å². The molecule has 10 nitrogen and oxygen atoms in total. The number of amides is 1. The van der Waals surface area contributed by atoms with Gasteiger partial charge in [-0.15, -0.1) is 15.0 Å². The van der Waals surface area contributed by atoms with Gasteiger partial charge in [-0.3, -0.25) is 14.9 Å². The number of benzene rings is 4. The fourth-order valence-corrected chi connectivity index (χ4v) is 5.51. The average molecular weight is 638 g/mol. The second-order valence-electron chi connectivity index (χ2n) is 13.3. The number of hydrogen-bond donors (Lipinski definition) is 2. The third-order valence-electron chi connectivity index (χ3n) is 9.40. The molecule has 0 radical (unpaired) electrons. The van der Waals surface area contributed by atoms with Gasteiger partial charge in [-0.1, -0.05) is 77.9 Å². The van der Waals surface area contributed by atoms with Crippen LogP contribution in [0, 0.1) is 10.1 Å². The monoisotopic (exact) mass is 637 g/mol. The summed E-state index contributed by atoms with van der Waals surface area (Å²) in [4.78, 5) is 25.4. The molecule has 0 unspecified atom stereocenters. The summed E-state index contributed by atoms with van der Waals surface area (Å²) in [5, 5.41) is 35.3. The summed E-state index contributed by atoms with van der Waals surface area (Å²) < 4.78 is 6.29. The Morgan fingerprint density at radius 2 is 1.62 bits per heavy atom. The van der Waals surface area contributed by atoms with Crippen LogP contribution >= 0.6 is 0 Å². The van der Waals surface area contributed by atoms with Crippen molar-refractivity contribution in [2.45, 2.75) is 78.1 Å². The zero-order valence-corrected chi connectivity index (χ0v) is 28.0. The Labute approximate surface area is 274 Å². The van der Waals surface area contributed by atoms with Crippen LogP contribution in [-0.2, 0) is 10.8 Å². The predicted molar refractivity (Wildman–Crippen MR) is 185 cm³/mol. The fourth-order valence-electron chi connectivity index (χ4n) is 5.51. The lowest BCUT2D eigenvalue weighted by atomic mass is 9.76. The summed E-state index contributed by atoms with van der Waals surface area (Å²) in [6.45, 7) is 14.4. The predicted octanol–water partition coefficient (Wildman–Crippen LogP) is 8.15. The first-order chi connectivity index (χ1) is 22.4. The van der Waals surface area contributed by atoms with E-state index in [0.29, 0.717) is 47.1 Å². The maximum Gasteiger partial charge on any atom is 0.271 e. The first-order valence-corrected chi connectivity index (χ1v) is 16.2. The number of aromatic nitrogens is 3. The Morgan fingerprint density at radius 3 is 2.32 bits per heavy atom. The van der Waals surface area contributed by atoms with Gasteiger partial charge in [-0.2, -0.15) is 0 Å². The Kier molecular flexibility index (Phi) is 9.51. The van der Waals surface area contributed by atoms with E-state index in [0.717, 1.165) is 25.0 Å². The van der Waals surface area contributed by atoms with E-state index < -0.39 is 10.8 Å². The van der Waals surface area contributed by atoms with Gasteiger partial charge in [0.05, 0.1) is 22.8 Å². The highest BCUT2D eigenvalue weighted by Crippen LogP contribution is 2.39. The third kappa shape index (κ3) is 6.91. The van der Waals surface area contributed by atoms with E-state index in [1.165, 1.54) is 34.1 Å². The molecule has 1 aromatic heterocycles. The van der Waals surface area contributed by atoms with Crippen molar-refractivity contribution in [2.24, 2.45) is 0 Å². The normalized spacial score (nSPS) is 12.0. The lowest BCUT2D eigenvalue weighted by molar-refractivity contribution is -0.384. The molecule has 0 fully saturated rings. The molecule has 1 heterocycles. The minimum absolute atomic E-state index is 0.0275. The number of nitrogens with one attached hydrogen (secondary N) is 1. The summed E-state index contributed by atoms with van der Waals surface area (Å²) >= 11 is 0. The maximum absolute atomic E-state index is 13.3. The van der Waals surface area contributed by atoms with Crippen LogP contribution in [0.15, 0.2) is 66.7 Å². The number of nitro groups is 1. The smallest absolute Gasteiger partial charge is 0.271 e. The standard InChI is InChI=1S/C37H43N5O5/c1-7-36(3,4)24-15-18-33(29(21-24)37(5,6)8-2)47-20-12-11-19-38-35(44)28-23-32(26-13-9-10-14-27(26)34(28)43)41-39-30-17-16-25(42(45)46)22-31(30)40-41/h9-10,13-18,21-23,43H,7-8,11-12,19-20H2,1-6H3,(H,38,44). The molecule has 5 aromatic rings. The van der Waals surface area contributed by atoms with E-state index in [2.05, 4.69) is 75.3 Å². The molecule has 0 spiro atoms. The van der Waals surface area contributed by atoms with Crippen molar-refractivity contribution in [2.75, 3.05) is 13.2 Å². The Balaban J connectivity index is 1.27. The SMILES string of the molecule is CCC(C)(C)c1ccc(OCCCCNC(=O)c2cc(-n3nc4ccc([N+](=O)[O-])cc4n3)c3ccccc3c2O)c(C(C)(C)CC)c1. The fraction of sp³-hybridized carbons (Fsp3) is 0.378. The summed E-state index contributed by atoms with van der Waals surface area (Å²) in [5.74, 6) is 0.335. The molecule has 1 amide bonds. The molecule has 4 aromatic carbocycles. The molecule has 0 aliphatic heterocycles. The van der Waals surface area contributed by atoms with Gasteiger partial charge in [0.2, 0.25) is 0 Å². The van der Waals surface area contributed by atoms with E-state index >= 15 is 0 Å². The molecule has 246 valence electrons. The highest BCUT2D eigenvalue weighted by Gasteiger charge is 2.27. The van der Waals surface area contributed by atoms with Crippen LogP contribution in [0.1, 0.15) is 88.7 Å². The number of carbonyl (C=O) groups excluding carboxylic acids is 1. The van der Waals surface area contributed by atoms with Gasteiger partial charge in [-0.05, 0) is 60.3 Å². The van der Waals surface area contributed by atoms with E-state index in [1.54, 1.807) is 24.3 Å². The van der Waals surface area contributed by atoms with Gasteiger partial charge in [0.1, 0.15) is 22.5 Å². The van der Waals surface area contributed by atoms with Crippen molar-refractivity contribution >= 4 is 33.4 Å². The lowest BCUT2D eigenvalue weighted by Gasteiger charge is -2.30. The van der Waals surface area contributed by atoms with E-state index in [4.69, 9.17) is 4.74 Å². The van der Waals surface area contributed by atoms with E-state index in [1.807, 2.05) is 6.07 Å². The van der Waals surface area contributed by atoms with Crippen LogP contribution in [0.4, 0.5) is 5.69 Å². The van der Waals surface area contributed by atoms with Crippen LogP contribution in [0.3, 0.4) is 0 Å². The van der Waals surface area contributed by atoms with Crippen LogP contribution in [-0.4, -0.2) is 44.1 Å². The molecule has 0 atom stereocenters. The number of hydrogen-bond acceptors (Lipinski definition) is 7. The van der Waals surface area contributed by atoms with Crippen LogP contribution in [0.5, 0.6) is 11.5 Å². The molecular weight excluding hydrogens is 594 g/mol. The van der Waals surface area contributed by atoms with Crippen molar-refractivity contribution in [1.29, 1.82) is 0 Å². The van der Waals surface area contributed by atoms with Crippen LogP contribution < -0.4 is 10.1 Å². The zero-order valence-electron chi connectivity index (χ0n) is 28.0. The molecule has 0 aliphatic rings. The molecule has 0 saturated carbocycles. The van der Waals surface area contributed by atoms with Crippen molar-refractivity contribution in [3.63, 3.8) is 0 Å². The molecule has 0 saturated heterocycles. The number of ether oxygens (including phenoxy) is 1. The minimum atomic E-state index is -0.487. The number of phenols is 1. The number of nitro benzene ring substituents is 1. The summed E-state index contributed by atoms with van der Waals surface area (Å²) in [6.07, 6.45) is 3.46. The summed E-state index contributed by atoms with van der Waals surface area (Å²) in [6, 6.07) is 19.5. The van der Waals surface area contributed by atoms with Gasteiger partial charge in [0.15, 0.2) is 0 Å². The highest BCUT2D eigenvalue weighted by molar-refractivity contribution is 6.06. The van der Waals surface area contributed by atoms with Gasteiger partial charge in [0.25, 0.3) is 11.6 Å². The van der Waals surface area contributed by atoms with Gasteiger partial charge >= 0.3 is 0 Å². The van der Waals surface area contributed by atoms with Gasteiger partial charge in [0, 0.05) is 35.0 Å². The average Bonchev–Trinajstić information content (AvgIpc) is 3.49.